The molecular formula is C13H19FN2O2S. The van der Waals surface area contributed by atoms with Crippen molar-refractivity contribution >= 4 is 23.5 Å². The van der Waals surface area contributed by atoms with Crippen LogP contribution in [0.1, 0.15) is 12.0 Å². The number of benzene rings is 1. The average Bonchev–Trinajstić information content (AvgIpc) is 2.39. The first-order valence-corrected chi connectivity index (χ1v) is 7.29. The summed E-state index contributed by atoms with van der Waals surface area (Å²) in [6.45, 7) is 2.35. The maximum Gasteiger partial charge on any atom is 0.319 e. The molecule has 0 aromatic heterocycles. The van der Waals surface area contributed by atoms with Crippen LogP contribution in [0, 0.1) is 12.7 Å². The maximum atomic E-state index is 13.3. The third-order valence-corrected chi connectivity index (χ3v) is 3.56. The van der Waals surface area contributed by atoms with Gasteiger partial charge in [-0.3, -0.25) is 0 Å². The normalized spacial score (nSPS) is 10.3. The molecule has 0 atom stereocenters. The number of carbonyl (C=O) groups is 1. The summed E-state index contributed by atoms with van der Waals surface area (Å²) >= 11 is 1.67. The first-order chi connectivity index (χ1) is 9.15. The van der Waals surface area contributed by atoms with Crippen molar-refractivity contribution in [3.8, 4) is 0 Å². The quantitative estimate of drug-likeness (QED) is 0.674. The van der Waals surface area contributed by atoms with Crippen LogP contribution in [-0.2, 0) is 0 Å². The van der Waals surface area contributed by atoms with Gasteiger partial charge in [0, 0.05) is 30.2 Å². The second kappa shape index (κ2) is 8.77. The molecule has 0 bridgehead atoms. The molecule has 0 heterocycles. The minimum atomic E-state index is -0.337. The van der Waals surface area contributed by atoms with Gasteiger partial charge in [0.15, 0.2) is 0 Å². The van der Waals surface area contributed by atoms with Gasteiger partial charge in [0.25, 0.3) is 0 Å². The molecule has 0 radical (unpaired) electrons. The van der Waals surface area contributed by atoms with E-state index in [1.54, 1.807) is 30.8 Å². The van der Waals surface area contributed by atoms with Crippen molar-refractivity contribution in [2.45, 2.75) is 13.3 Å². The summed E-state index contributed by atoms with van der Waals surface area (Å²) in [6.07, 6.45) is 0.763. The summed E-state index contributed by atoms with van der Waals surface area (Å²) in [5, 5.41) is 13.9. The number of aliphatic hydroxyl groups is 1. The maximum absolute atomic E-state index is 13.3. The molecule has 1 rings (SSSR count). The van der Waals surface area contributed by atoms with Crippen LogP contribution in [0.15, 0.2) is 18.2 Å². The van der Waals surface area contributed by atoms with Crippen LogP contribution in [0.2, 0.25) is 0 Å². The molecular weight excluding hydrogens is 267 g/mol. The van der Waals surface area contributed by atoms with E-state index >= 15 is 0 Å². The molecule has 4 nitrogen and oxygen atoms in total. The van der Waals surface area contributed by atoms with Crippen LogP contribution < -0.4 is 10.6 Å². The minimum Gasteiger partial charge on any atom is -0.396 e. The highest BCUT2D eigenvalue weighted by Gasteiger charge is 2.06. The summed E-state index contributed by atoms with van der Waals surface area (Å²) in [7, 11) is 0. The Labute approximate surface area is 116 Å². The van der Waals surface area contributed by atoms with E-state index < -0.39 is 0 Å². The third-order valence-electron chi connectivity index (χ3n) is 2.49. The van der Waals surface area contributed by atoms with Gasteiger partial charge in [0.1, 0.15) is 5.82 Å². The molecule has 6 heteroatoms. The highest BCUT2D eigenvalue weighted by Crippen LogP contribution is 2.16. The topological polar surface area (TPSA) is 61.4 Å². The highest BCUT2D eigenvalue weighted by molar-refractivity contribution is 7.99. The number of amides is 2. The predicted molar refractivity (Wildman–Crippen MR) is 77.2 cm³/mol. The number of carbonyl (C=O) groups excluding carboxylic acids is 1. The molecule has 0 aliphatic heterocycles. The molecule has 0 aliphatic carbocycles. The monoisotopic (exact) mass is 286 g/mol. The van der Waals surface area contributed by atoms with Gasteiger partial charge in [-0.1, -0.05) is 6.07 Å². The second-order valence-electron chi connectivity index (χ2n) is 3.98. The number of anilines is 1. The standard InChI is InChI=1S/C13H19FN2O2S/c1-10-11(14)4-2-5-12(10)16-13(18)15-6-9-19-8-3-7-17/h2,4-5,17H,3,6-9H2,1H3,(H2,15,16,18). The fourth-order valence-corrected chi connectivity index (χ4v) is 2.20. The molecule has 106 valence electrons. The van der Waals surface area contributed by atoms with Crippen molar-refractivity contribution in [1.29, 1.82) is 0 Å². The summed E-state index contributed by atoms with van der Waals surface area (Å²) < 4.78 is 13.3. The van der Waals surface area contributed by atoms with E-state index in [4.69, 9.17) is 5.11 Å². The van der Waals surface area contributed by atoms with Crippen molar-refractivity contribution in [1.82, 2.24) is 5.32 Å². The van der Waals surface area contributed by atoms with E-state index in [1.165, 1.54) is 6.07 Å². The summed E-state index contributed by atoms with van der Waals surface area (Å²) in [5.74, 6) is 1.33. The Morgan fingerprint density at radius 3 is 2.95 bits per heavy atom. The molecule has 0 saturated heterocycles. The van der Waals surface area contributed by atoms with Crippen molar-refractivity contribution in [2.24, 2.45) is 0 Å². The zero-order chi connectivity index (χ0) is 14.1. The largest absolute Gasteiger partial charge is 0.396 e. The Hall–Kier alpha value is -1.27. The van der Waals surface area contributed by atoms with Gasteiger partial charge < -0.3 is 15.7 Å². The number of hydrogen-bond acceptors (Lipinski definition) is 3. The molecule has 0 unspecified atom stereocenters. The van der Waals surface area contributed by atoms with Crippen molar-refractivity contribution < 1.29 is 14.3 Å². The van der Waals surface area contributed by atoms with E-state index in [-0.39, 0.29) is 18.5 Å². The first kappa shape index (κ1) is 15.8. The predicted octanol–water partition coefficient (Wildman–Crippen LogP) is 2.37. The van der Waals surface area contributed by atoms with Crippen LogP contribution in [0.25, 0.3) is 0 Å². The number of thioether (sulfide) groups is 1. The second-order valence-corrected chi connectivity index (χ2v) is 5.21. The Morgan fingerprint density at radius 1 is 1.42 bits per heavy atom. The zero-order valence-corrected chi connectivity index (χ0v) is 11.7. The number of halogens is 1. The van der Waals surface area contributed by atoms with Crippen molar-refractivity contribution in [3.05, 3.63) is 29.6 Å². The van der Waals surface area contributed by atoms with Gasteiger partial charge in [-0.05, 0) is 31.2 Å². The van der Waals surface area contributed by atoms with Crippen LogP contribution in [0.4, 0.5) is 14.9 Å². The average molecular weight is 286 g/mol. The Morgan fingerprint density at radius 2 is 2.21 bits per heavy atom. The van der Waals surface area contributed by atoms with Crippen LogP contribution >= 0.6 is 11.8 Å². The van der Waals surface area contributed by atoms with Crippen molar-refractivity contribution in [2.75, 3.05) is 30.0 Å². The summed E-state index contributed by atoms with van der Waals surface area (Å²) in [5.41, 5.74) is 0.903. The molecule has 0 aliphatic rings. The number of hydrogen-bond donors (Lipinski definition) is 3. The van der Waals surface area contributed by atoms with Gasteiger partial charge in [-0.15, -0.1) is 0 Å². The molecule has 1 aromatic rings. The lowest BCUT2D eigenvalue weighted by atomic mass is 10.2. The van der Waals surface area contributed by atoms with Gasteiger partial charge in [0.05, 0.1) is 0 Å². The molecule has 0 spiro atoms. The Kier molecular flexibility index (Phi) is 7.28. The Balaban J connectivity index is 2.26. The van der Waals surface area contributed by atoms with E-state index in [0.717, 1.165) is 17.9 Å². The van der Waals surface area contributed by atoms with Crippen LogP contribution in [0.5, 0.6) is 0 Å². The Bertz CT molecular complexity index is 416. The molecule has 0 saturated carbocycles. The zero-order valence-electron chi connectivity index (χ0n) is 10.9. The van der Waals surface area contributed by atoms with Gasteiger partial charge >= 0.3 is 6.03 Å². The lowest BCUT2D eigenvalue weighted by molar-refractivity contribution is 0.252. The summed E-state index contributed by atoms with van der Waals surface area (Å²) in [6, 6.07) is 4.24. The SMILES string of the molecule is Cc1c(F)cccc1NC(=O)NCCSCCCO. The fourth-order valence-electron chi connectivity index (χ4n) is 1.41. The van der Waals surface area contributed by atoms with Gasteiger partial charge in [-0.2, -0.15) is 11.8 Å². The number of nitrogens with one attached hydrogen (secondary N) is 2. The van der Waals surface area contributed by atoms with E-state index in [1.807, 2.05) is 0 Å². The van der Waals surface area contributed by atoms with E-state index in [9.17, 15) is 9.18 Å². The third kappa shape index (κ3) is 5.94. The van der Waals surface area contributed by atoms with Gasteiger partial charge in [-0.25, -0.2) is 9.18 Å². The van der Waals surface area contributed by atoms with Crippen LogP contribution in [0.3, 0.4) is 0 Å². The van der Waals surface area contributed by atoms with E-state index in [0.29, 0.717) is 17.8 Å². The molecule has 3 N–H and O–H groups in total. The minimum absolute atomic E-state index is 0.194. The number of aliphatic hydroxyl groups excluding tert-OH is 1. The molecule has 0 fully saturated rings. The van der Waals surface area contributed by atoms with Gasteiger partial charge in [0.2, 0.25) is 0 Å². The summed E-state index contributed by atoms with van der Waals surface area (Å²) in [4.78, 5) is 11.6. The fraction of sp³-hybridized carbons (Fsp3) is 0.462. The smallest absolute Gasteiger partial charge is 0.319 e. The lowest BCUT2D eigenvalue weighted by Gasteiger charge is -2.10. The molecule has 1 aromatic carbocycles. The molecule has 19 heavy (non-hydrogen) atoms. The highest BCUT2D eigenvalue weighted by atomic mass is 32.2. The van der Waals surface area contributed by atoms with E-state index in [2.05, 4.69) is 10.6 Å². The van der Waals surface area contributed by atoms with Crippen molar-refractivity contribution in [3.63, 3.8) is 0 Å². The number of rotatable bonds is 7. The first-order valence-electron chi connectivity index (χ1n) is 6.13. The van der Waals surface area contributed by atoms with Crippen LogP contribution in [-0.4, -0.2) is 35.8 Å². The lowest BCUT2D eigenvalue weighted by Crippen LogP contribution is -2.30. The molecule has 2 amide bonds. The number of urea groups is 1.